The summed E-state index contributed by atoms with van der Waals surface area (Å²) >= 11 is 0. The van der Waals surface area contributed by atoms with Crippen molar-refractivity contribution < 1.29 is 9.53 Å². The quantitative estimate of drug-likeness (QED) is 0.717. The fraction of sp³-hybridized carbons (Fsp3) is 0.917. The second-order valence-electron chi connectivity index (χ2n) is 5.10. The SMILES string of the molecule is CC(C)(C)OC=O.NCCC1CCNCC1. The lowest BCUT2D eigenvalue weighted by atomic mass is 9.95. The third-order valence-electron chi connectivity index (χ3n) is 2.44. The second kappa shape index (κ2) is 8.53. The van der Waals surface area contributed by atoms with Gasteiger partial charge in [-0.25, -0.2) is 0 Å². The van der Waals surface area contributed by atoms with Crippen LogP contribution >= 0.6 is 0 Å². The van der Waals surface area contributed by atoms with Crippen molar-refractivity contribution in [2.45, 2.75) is 45.6 Å². The molecule has 0 amide bonds. The Bertz CT molecular complexity index is 170. The molecule has 0 aromatic rings. The lowest BCUT2D eigenvalue weighted by molar-refractivity contribution is -0.138. The third kappa shape index (κ3) is 9.93. The standard InChI is InChI=1S/C7H16N2.C5H10O2/c8-4-1-7-2-5-9-6-3-7;1-5(2,3)7-4-6/h7,9H,1-6,8H2;4H,1-3H3. The molecule has 1 fully saturated rings. The molecule has 1 aliphatic heterocycles. The average Bonchev–Trinajstić information content (AvgIpc) is 2.19. The molecule has 0 atom stereocenters. The molecule has 0 radical (unpaired) electrons. The summed E-state index contributed by atoms with van der Waals surface area (Å²) in [5.41, 5.74) is 5.12. The summed E-state index contributed by atoms with van der Waals surface area (Å²) in [6.45, 7) is 9.18. The zero-order valence-electron chi connectivity index (χ0n) is 10.8. The number of ether oxygens (including phenoxy) is 1. The number of nitrogens with one attached hydrogen (secondary N) is 1. The highest BCUT2D eigenvalue weighted by Gasteiger charge is 2.10. The van der Waals surface area contributed by atoms with Gasteiger partial charge < -0.3 is 15.8 Å². The second-order valence-corrected chi connectivity index (χ2v) is 5.10. The Morgan fingerprint density at radius 3 is 2.25 bits per heavy atom. The van der Waals surface area contributed by atoms with Crippen molar-refractivity contribution in [1.82, 2.24) is 5.32 Å². The zero-order valence-corrected chi connectivity index (χ0v) is 10.8. The van der Waals surface area contributed by atoms with Crippen LogP contribution in [0.4, 0.5) is 0 Å². The topological polar surface area (TPSA) is 64.3 Å². The molecule has 1 saturated heterocycles. The Morgan fingerprint density at radius 1 is 1.38 bits per heavy atom. The summed E-state index contributed by atoms with van der Waals surface area (Å²) in [6.07, 6.45) is 3.88. The number of piperidine rings is 1. The van der Waals surface area contributed by atoms with E-state index in [4.69, 9.17) is 5.73 Å². The number of hydrogen-bond acceptors (Lipinski definition) is 4. The summed E-state index contributed by atoms with van der Waals surface area (Å²) in [7, 11) is 0. The van der Waals surface area contributed by atoms with Crippen LogP contribution in [0.25, 0.3) is 0 Å². The fourth-order valence-electron chi connectivity index (χ4n) is 1.55. The number of hydrogen-bond donors (Lipinski definition) is 2. The van der Waals surface area contributed by atoms with Crippen LogP contribution in [0.15, 0.2) is 0 Å². The molecule has 16 heavy (non-hydrogen) atoms. The molecule has 3 N–H and O–H groups in total. The van der Waals surface area contributed by atoms with Crippen molar-refractivity contribution in [2.24, 2.45) is 11.7 Å². The molecule has 0 spiro atoms. The number of rotatable bonds is 3. The van der Waals surface area contributed by atoms with Gasteiger partial charge in [-0.3, -0.25) is 4.79 Å². The minimum atomic E-state index is -0.318. The molecule has 1 heterocycles. The highest BCUT2D eigenvalue weighted by Crippen LogP contribution is 2.13. The molecule has 0 aromatic heterocycles. The molecule has 0 bridgehead atoms. The van der Waals surface area contributed by atoms with Crippen molar-refractivity contribution >= 4 is 6.47 Å². The Labute approximate surface area is 98.9 Å². The zero-order chi connectivity index (χ0) is 12.4. The van der Waals surface area contributed by atoms with E-state index in [1.165, 1.54) is 32.4 Å². The average molecular weight is 230 g/mol. The third-order valence-corrected chi connectivity index (χ3v) is 2.44. The molecule has 4 nitrogen and oxygen atoms in total. The molecule has 0 aromatic carbocycles. The van der Waals surface area contributed by atoms with Crippen LogP contribution in [0.1, 0.15) is 40.0 Å². The van der Waals surface area contributed by atoms with Gasteiger partial charge in [-0.2, -0.15) is 0 Å². The lowest BCUT2D eigenvalue weighted by Crippen LogP contribution is -2.28. The largest absolute Gasteiger partial charge is 0.462 e. The highest BCUT2D eigenvalue weighted by molar-refractivity contribution is 5.37. The smallest absolute Gasteiger partial charge is 0.293 e. The maximum Gasteiger partial charge on any atom is 0.293 e. The molecule has 4 heteroatoms. The molecule has 0 unspecified atom stereocenters. The minimum absolute atomic E-state index is 0.318. The Hall–Kier alpha value is -0.610. The van der Waals surface area contributed by atoms with Crippen LogP contribution in [0.2, 0.25) is 0 Å². The molecule has 1 rings (SSSR count). The minimum Gasteiger partial charge on any atom is -0.462 e. The van der Waals surface area contributed by atoms with E-state index in [0.717, 1.165) is 12.5 Å². The maximum absolute atomic E-state index is 9.60. The van der Waals surface area contributed by atoms with E-state index in [2.05, 4.69) is 10.1 Å². The number of carbonyl (C=O) groups is 1. The van der Waals surface area contributed by atoms with Crippen LogP contribution in [-0.2, 0) is 9.53 Å². The van der Waals surface area contributed by atoms with Gasteiger partial charge >= 0.3 is 0 Å². The van der Waals surface area contributed by atoms with Gasteiger partial charge in [-0.15, -0.1) is 0 Å². The summed E-state index contributed by atoms with van der Waals surface area (Å²) in [5, 5.41) is 3.33. The van der Waals surface area contributed by atoms with Gasteiger partial charge in [-0.05, 0) is 65.6 Å². The normalized spacial score (nSPS) is 17.2. The lowest BCUT2D eigenvalue weighted by Gasteiger charge is -2.21. The van der Waals surface area contributed by atoms with Gasteiger partial charge in [0, 0.05) is 0 Å². The molecular formula is C12H26N2O2. The van der Waals surface area contributed by atoms with Gasteiger partial charge in [0.1, 0.15) is 5.60 Å². The molecule has 1 aliphatic rings. The highest BCUT2D eigenvalue weighted by atomic mass is 16.5. The van der Waals surface area contributed by atoms with Crippen molar-refractivity contribution in [3.63, 3.8) is 0 Å². The number of nitrogens with two attached hydrogens (primary N) is 1. The first-order valence-corrected chi connectivity index (χ1v) is 6.02. The van der Waals surface area contributed by atoms with Gasteiger partial charge in [0.25, 0.3) is 6.47 Å². The van der Waals surface area contributed by atoms with Crippen LogP contribution in [0, 0.1) is 5.92 Å². The first-order chi connectivity index (χ1) is 7.49. The van der Waals surface area contributed by atoms with E-state index in [-0.39, 0.29) is 5.60 Å². The van der Waals surface area contributed by atoms with Crippen LogP contribution in [0.3, 0.4) is 0 Å². The van der Waals surface area contributed by atoms with Crippen molar-refractivity contribution in [3.8, 4) is 0 Å². The first kappa shape index (κ1) is 15.4. The van der Waals surface area contributed by atoms with Gasteiger partial charge in [0.2, 0.25) is 0 Å². The monoisotopic (exact) mass is 230 g/mol. The van der Waals surface area contributed by atoms with Crippen molar-refractivity contribution in [1.29, 1.82) is 0 Å². The van der Waals surface area contributed by atoms with Gasteiger partial charge in [0.15, 0.2) is 0 Å². The Kier molecular flexibility index (Phi) is 8.21. The predicted molar refractivity (Wildman–Crippen MR) is 66.2 cm³/mol. The molecule has 0 saturated carbocycles. The van der Waals surface area contributed by atoms with Crippen molar-refractivity contribution in [2.75, 3.05) is 19.6 Å². The van der Waals surface area contributed by atoms with Crippen LogP contribution < -0.4 is 11.1 Å². The van der Waals surface area contributed by atoms with E-state index in [1.807, 2.05) is 20.8 Å². The molecular weight excluding hydrogens is 204 g/mol. The van der Waals surface area contributed by atoms with E-state index in [1.54, 1.807) is 0 Å². The van der Waals surface area contributed by atoms with E-state index in [0.29, 0.717) is 6.47 Å². The van der Waals surface area contributed by atoms with Crippen molar-refractivity contribution in [3.05, 3.63) is 0 Å². The Balaban J connectivity index is 0.000000293. The summed E-state index contributed by atoms with van der Waals surface area (Å²) in [4.78, 5) is 9.60. The van der Waals surface area contributed by atoms with Crippen LogP contribution in [-0.4, -0.2) is 31.7 Å². The van der Waals surface area contributed by atoms with Gasteiger partial charge in [-0.1, -0.05) is 0 Å². The molecule has 0 aliphatic carbocycles. The van der Waals surface area contributed by atoms with E-state index < -0.39 is 0 Å². The summed E-state index contributed by atoms with van der Waals surface area (Å²) in [5.74, 6) is 0.913. The fourth-order valence-corrected chi connectivity index (χ4v) is 1.55. The maximum atomic E-state index is 9.60. The predicted octanol–water partition coefficient (Wildman–Crippen LogP) is 1.29. The molecule has 96 valence electrons. The summed E-state index contributed by atoms with van der Waals surface area (Å²) < 4.78 is 4.55. The van der Waals surface area contributed by atoms with E-state index >= 15 is 0 Å². The van der Waals surface area contributed by atoms with Gasteiger partial charge in [0.05, 0.1) is 0 Å². The first-order valence-electron chi connectivity index (χ1n) is 6.02. The van der Waals surface area contributed by atoms with E-state index in [9.17, 15) is 4.79 Å². The summed E-state index contributed by atoms with van der Waals surface area (Å²) in [6, 6.07) is 0. The number of carbonyl (C=O) groups excluding carboxylic acids is 1. The van der Waals surface area contributed by atoms with Crippen LogP contribution in [0.5, 0.6) is 0 Å². The Morgan fingerprint density at radius 2 is 1.94 bits per heavy atom.